The van der Waals surface area contributed by atoms with E-state index in [-0.39, 0.29) is 18.9 Å². The van der Waals surface area contributed by atoms with Crippen molar-refractivity contribution in [2.75, 3.05) is 27.0 Å². The summed E-state index contributed by atoms with van der Waals surface area (Å²) in [4.78, 5) is 4.03. The van der Waals surface area contributed by atoms with Crippen LogP contribution in [0.3, 0.4) is 0 Å². The van der Waals surface area contributed by atoms with Crippen molar-refractivity contribution in [1.29, 1.82) is 0 Å². The summed E-state index contributed by atoms with van der Waals surface area (Å²) in [5.41, 5.74) is 0.226. The Hall–Kier alpha value is -3.03. The smallest absolute Gasteiger partial charge is 0.231 e. The molecule has 2 aromatic rings. The van der Waals surface area contributed by atoms with E-state index in [0.717, 1.165) is 18.2 Å². The highest BCUT2D eigenvalue weighted by Crippen LogP contribution is 2.34. The molecule has 0 saturated carbocycles. The highest BCUT2D eigenvalue weighted by Gasteiger charge is 2.13. The monoisotopic (exact) mass is 363 g/mol. The number of nitrogens with one attached hydrogen (secondary N) is 2. The summed E-state index contributed by atoms with van der Waals surface area (Å²) < 4.78 is 42.9. The van der Waals surface area contributed by atoms with Gasteiger partial charge in [-0.1, -0.05) is 0 Å². The molecule has 1 aliphatic rings. The SMILES string of the molecule is CN=C(NCCOc1ccc2c(c1)OCO2)NCc1cc(F)ccc1F. The average molecular weight is 363 g/mol. The number of rotatable bonds is 6. The van der Waals surface area contributed by atoms with Crippen LogP contribution in [0.1, 0.15) is 5.56 Å². The van der Waals surface area contributed by atoms with E-state index in [4.69, 9.17) is 14.2 Å². The average Bonchev–Trinajstić information content (AvgIpc) is 3.11. The van der Waals surface area contributed by atoms with Crippen molar-refractivity contribution in [3.05, 3.63) is 53.6 Å². The summed E-state index contributed by atoms with van der Waals surface area (Å²) in [5.74, 6) is 1.53. The largest absolute Gasteiger partial charge is 0.492 e. The third-order valence-electron chi connectivity index (χ3n) is 3.68. The zero-order chi connectivity index (χ0) is 18.4. The van der Waals surface area contributed by atoms with Gasteiger partial charge in [0.1, 0.15) is 24.0 Å². The summed E-state index contributed by atoms with van der Waals surface area (Å²) in [6.45, 7) is 1.19. The molecule has 0 spiro atoms. The van der Waals surface area contributed by atoms with E-state index in [1.165, 1.54) is 0 Å². The molecule has 8 heteroatoms. The predicted octanol–water partition coefficient (Wildman–Crippen LogP) is 2.44. The first-order valence-electron chi connectivity index (χ1n) is 8.06. The quantitative estimate of drug-likeness (QED) is 0.469. The molecule has 0 bridgehead atoms. The lowest BCUT2D eigenvalue weighted by Crippen LogP contribution is -2.39. The molecular formula is C18H19F2N3O3. The van der Waals surface area contributed by atoms with Crippen LogP contribution in [0.2, 0.25) is 0 Å². The molecule has 0 atom stereocenters. The van der Waals surface area contributed by atoms with Crippen molar-refractivity contribution in [2.45, 2.75) is 6.54 Å². The molecule has 26 heavy (non-hydrogen) atoms. The number of benzene rings is 2. The van der Waals surface area contributed by atoms with Gasteiger partial charge in [0.05, 0.1) is 6.54 Å². The van der Waals surface area contributed by atoms with Crippen LogP contribution in [0, 0.1) is 11.6 Å². The van der Waals surface area contributed by atoms with Gasteiger partial charge in [0.15, 0.2) is 17.5 Å². The summed E-state index contributed by atoms with van der Waals surface area (Å²) in [5, 5.41) is 5.96. The molecule has 3 rings (SSSR count). The van der Waals surface area contributed by atoms with Gasteiger partial charge in [-0.2, -0.15) is 0 Å². The van der Waals surface area contributed by atoms with Crippen LogP contribution in [-0.2, 0) is 6.54 Å². The first-order chi connectivity index (χ1) is 12.7. The van der Waals surface area contributed by atoms with Crippen LogP contribution in [0.25, 0.3) is 0 Å². The van der Waals surface area contributed by atoms with Crippen LogP contribution in [0.4, 0.5) is 8.78 Å². The van der Waals surface area contributed by atoms with E-state index in [2.05, 4.69) is 15.6 Å². The molecule has 0 unspecified atom stereocenters. The number of fused-ring (bicyclic) bond motifs is 1. The first kappa shape index (κ1) is 17.8. The third-order valence-corrected chi connectivity index (χ3v) is 3.68. The maximum absolute atomic E-state index is 13.6. The van der Waals surface area contributed by atoms with Crippen molar-refractivity contribution >= 4 is 5.96 Å². The van der Waals surface area contributed by atoms with Gasteiger partial charge in [0, 0.05) is 25.2 Å². The fourth-order valence-electron chi connectivity index (χ4n) is 2.38. The van der Waals surface area contributed by atoms with Gasteiger partial charge in [-0.15, -0.1) is 0 Å². The lowest BCUT2D eigenvalue weighted by molar-refractivity contribution is 0.173. The van der Waals surface area contributed by atoms with Crippen molar-refractivity contribution < 1.29 is 23.0 Å². The fourth-order valence-corrected chi connectivity index (χ4v) is 2.38. The second-order valence-corrected chi connectivity index (χ2v) is 5.45. The van der Waals surface area contributed by atoms with E-state index in [1.807, 2.05) is 0 Å². The summed E-state index contributed by atoms with van der Waals surface area (Å²) >= 11 is 0. The van der Waals surface area contributed by atoms with Crippen molar-refractivity contribution in [2.24, 2.45) is 4.99 Å². The number of ether oxygens (including phenoxy) is 3. The molecule has 2 aromatic carbocycles. The number of nitrogens with zero attached hydrogens (tertiary/aromatic N) is 1. The van der Waals surface area contributed by atoms with Crippen LogP contribution < -0.4 is 24.8 Å². The molecule has 1 heterocycles. The highest BCUT2D eigenvalue weighted by molar-refractivity contribution is 5.79. The van der Waals surface area contributed by atoms with E-state index in [0.29, 0.717) is 36.4 Å². The third kappa shape index (κ3) is 4.53. The van der Waals surface area contributed by atoms with Gasteiger partial charge in [0.25, 0.3) is 0 Å². The molecule has 0 saturated heterocycles. The normalized spacial score (nSPS) is 12.8. The predicted molar refractivity (Wildman–Crippen MR) is 92.6 cm³/mol. The zero-order valence-electron chi connectivity index (χ0n) is 14.2. The summed E-state index contributed by atoms with van der Waals surface area (Å²) in [6.07, 6.45) is 0. The zero-order valence-corrected chi connectivity index (χ0v) is 14.2. The highest BCUT2D eigenvalue weighted by atomic mass is 19.1. The molecule has 138 valence electrons. The van der Waals surface area contributed by atoms with Crippen molar-refractivity contribution in [3.63, 3.8) is 0 Å². The van der Waals surface area contributed by atoms with Crippen LogP contribution in [0.15, 0.2) is 41.4 Å². The van der Waals surface area contributed by atoms with Crippen molar-refractivity contribution in [1.82, 2.24) is 10.6 Å². The molecule has 0 aliphatic carbocycles. The molecular weight excluding hydrogens is 344 g/mol. The Kier molecular flexibility index (Phi) is 5.73. The summed E-state index contributed by atoms with van der Waals surface area (Å²) in [6, 6.07) is 8.69. The maximum atomic E-state index is 13.6. The fraction of sp³-hybridized carbons (Fsp3) is 0.278. The number of aliphatic imine (C=N–C) groups is 1. The van der Waals surface area contributed by atoms with Gasteiger partial charge in [-0.3, -0.25) is 4.99 Å². The Morgan fingerprint density at radius 2 is 1.96 bits per heavy atom. The van der Waals surface area contributed by atoms with Gasteiger partial charge >= 0.3 is 0 Å². The minimum absolute atomic E-state index is 0.117. The number of halogens is 2. The molecule has 0 amide bonds. The van der Waals surface area contributed by atoms with E-state index >= 15 is 0 Å². The Labute approximate surface area is 149 Å². The molecule has 0 fully saturated rings. The minimum atomic E-state index is -0.483. The molecule has 0 radical (unpaired) electrons. The molecule has 1 aliphatic heterocycles. The van der Waals surface area contributed by atoms with Gasteiger partial charge in [-0.25, -0.2) is 8.78 Å². The van der Waals surface area contributed by atoms with E-state index < -0.39 is 11.6 Å². The lowest BCUT2D eigenvalue weighted by Gasteiger charge is -2.13. The summed E-state index contributed by atoms with van der Waals surface area (Å²) in [7, 11) is 1.59. The Morgan fingerprint density at radius 3 is 2.81 bits per heavy atom. The first-order valence-corrected chi connectivity index (χ1v) is 8.06. The van der Waals surface area contributed by atoms with Crippen molar-refractivity contribution in [3.8, 4) is 17.2 Å². The minimum Gasteiger partial charge on any atom is -0.492 e. The molecule has 2 N–H and O–H groups in total. The van der Waals surface area contributed by atoms with Gasteiger partial charge in [-0.05, 0) is 30.3 Å². The van der Waals surface area contributed by atoms with Crippen LogP contribution in [0.5, 0.6) is 17.2 Å². The number of hydrogen-bond acceptors (Lipinski definition) is 4. The molecule has 0 aromatic heterocycles. The molecule has 6 nitrogen and oxygen atoms in total. The van der Waals surface area contributed by atoms with Crippen LogP contribution in [-0.4, -0.2) is 33.0 Å². The standard InChI is InChI=1S/C18H19F2N3O3/c1-21-18(23-10-12-8-13(19)2-4-15(12)20)22-6-7-24-14-3-5-16-17(9-14)26-11-25-16/h2-5,8-9H,6-7,10-11H2,1H3,(H2,21,22,23). The van der Waals surface area contributed by atoms with Crippen LogP contribution >= 0.6 is 0 Å². The Morgan fingerprint density at radius 1 is 1.12 bits per heavy atom. The topological polar surface area (TPSA) is 64.1 Å². The number of hydrogen-bond donors (Lipinski definition) is 2. The second-order valence-electron chi connectivity index (χ2n) is 5.45. The Balaban J connectivity index is 1.42. The van der Waals surface area contributed by atoms with Gasteiger partial charge in [0.2, 0.25) is 6.79 Å². The van der Waals surface area contributed by atoms with Gasteiger partial charge < -0.3 is 24.8 Å². The second kappa shape index (κ2) is 8.37. The Bertz CT molecular complexity index is 799. The van der Waals surface area contributed by atoms with E-state index in [9.17, 15) is 8.78 Å². The van der Waals surface area contributed by atoms with E-state index in [1.54, 1.807) is 25.2 Å². The lowest BCUT2D eigenvalue weighted by atomic mass is 10.2. The maximum Gasteiger partial charge on any atom is 0.231 e. The number of guanidine groups is 1.